The lowest BCUT2D eigenvalue weighted by Gasteiger charge is -2.41. The number of carbonyl (C=O) groups excluding carboxylic acids is 1. The summed E-state index contributed by atoms with van der Waals surface area (Å²) in [5, 5.41) is 12.7. The van der Waals surface area contributed by atoms with Gasteiger partial charge in [0.1, 0.15) is 11.6 Å². The van der Waals surface area contributed by atoms with Gasteiger partial charge in [0.2, 0.25) is 5.91 Å². The molecule has 1 atom stereocenters. The number of hydrogen-bond donors (Lipinski definition) is 2. The summed E-state index contributed by atoms with van der Waals surface area (Å²) in [7, 11) is 0. The van der Waals surface area contributed by atoms with Crippen molar-refractivity contribution in [2.45, 2.75) is 122 Å². The Balaban J connectivity index is 1.21. The molecule has 1 saturated heterocycles. The second-order valence-corrected chi connectivity index (χ2v) is 13.5. The van der Waals surface area contributed by atoms with Crippen LogP contribution in [0.3, 0.4) is 0 Å². The molecular weight excluding hydrogens is 462 g/mol. The van der Waals surface area contributed by atoms with Gasteiger partial charge in [0.25, 0.3) is 0 Å². The predicted molar refractivity (Wildman–Crippen MR) is 150 cm³/mol. The number of anilines is 1. The van der Waals surface area contributed by atoms with Crippen molar-refractivity contribution >= 4 is 11.7 Å². The van der Waals surface area contributed by atoms with Crippen molar-refractivity contribution in [1.82, 2.24) is 20.2 Å². The van der Waals surface area contributed by atoms with Crippen LogP contribution < -0.4 is 10.2 Å². The quantitative estimate of drug-likeness (QED) is 0.527. The minimum absolute atomic E-state index is 0.0628. The number of amides is 1. The molecule has 1 amide bonds. The first-order chi connectivity index (χ1) is 17.5. The molecule has 2 saturated carbocycles. The molecule has 1 aromatic heterocycles. The van der Waals surface area contributed by atoms with Crippen molar-refractivity contribution in [2.24, 2.45) is 11.8 Å². The third-order valence-corrected chi connectivity index (χ3v) is 8.75. The molecule has 2 heterocycles. The fourth-order valence-corrected chi connectivity index (χ4v) is 6.18. The first-order valence-corrected chi connectivity index (χ1v) is 14.8. The van der Waals surface area contributed by atoms with Crippen molar-refractivity contribution in [3.63, 3.8) is 0 Å². The first-order valence-electron chi connectivity index (χ1n) is 14.8. The summed E-state index contributed by atoms with van der Waals surface area (Å²) in [6, 6.07) is 2.98. The molecule has 3 fully saturated rings. The largest absolute Gasteiger partial charge is 0.393 e. The maximum absolute atomic E-state index is 12.3. The molecule has 3 aliphatic rings. The van der Waals surface area contributed by atoms with Gasteiger partial charge < -0.3 is 15.3 Å². The molecule has 0 aromatic carbocycles. The third-order valence-electron chi connectivity index (χ3n) is 8.75. The fourth-order valence-electron chi connectivity index (χ4n) is 6.18. The summed E-state index contributed by atoms with van der Waals surface area (Å²) < 4.78 is 0. The number of aliphatic hydroxyl groups excluding tert-OH is 1. The molecular formula is C30H51N5O2. The maximum atomic E-state index is 12.3. The van der Waals surface area contributed by atoms with Gasteiger partial charge in [0, 0.05) is 55.3 Å². The van der Waals surface area contributed by atoms with Gasteiger partial charge in [-0.2, -0.15) is 0 Å². The van der Waals surface area contributed by atoms with Crippen LogP contribution in [0.2, 0.25) is 0 Å². The van der Waals surface area contributed by atoms with E-state index >= 15 is 0 Å². The molecule has 0 unspecified atom stereocenters. The van der Waals surface area contributed by atoms with E-state index in [0.717, 1.165) is 75.1 Å². The predicted octanol–water partition coefficient (Wildman–Crippen LogP) is 4.63. The van der Waals surface area contributed by atoms with Crippen LogP contribution in [0.1, 0.15) is 110 Å². The number of rotatable bonds is 8. The van der Waals surface area contributed by atoms with Gasteiger partial charge in [-0.25, -0.2) is 9.97 Å². The number of aromatic nitrogens is 2. The Morgan fingerprint density at radius 2 is 1.81 bits per heavy atom. The van der Waals surface area contributed by atoms with Gasteiger partial charge in [-0.3, -0.25) is 9.69 Å². The molecule has 1 aromatic rings. The average molecular weight is 514 g/mol. The molecule has 1 aliphatic heterocycles. The minimum Gasteiger partial charge on any atom is -0.393 e. The Morgan fingerprint density at radius 3 is 2.41 bits per heavy atom. The van der Waals surface area contributed by atoms with Gasteiger partial charge >= 0.3 is 0 Å². The fraction of sp³-hybridized carbons (Fsp3) is 0.833. The van der Waals surface area contributed by atoms with Crippen LogP contribution in [0.4, 0.5) is 5.82 Å². The van der Waals surface area contributed by atoms with Crippen molar-refractivity contribution in [2.75, 3.05) is 31.1 Å². The number of piperazine rings is 1. The average Bonchev–Trinajstić information content (AvgIpc) is 2.82. The van der Waals surface area contributed by atoms with E-state index in [1.165, 1.54) is 19.3 Å². The van der Waals surface area contributed by atoms with Crippen LogP contribution in [-0.2, 0) is 10.2 Å². The van der Waals surface area contributed by atoms with Crippen molar-refractivity contribution in [3.8, 4) is 0 Å². The molecule has 0 bridgehead atoms. The zero-order valence-corrected chi connectivity index (χ0v) is 24.2. The van der Waals surface area contributed by atoms with Gasteiger partial charge in [-0.05, 0) is 76.2 Å². The van der Waals surface area contributed by atoms with Crippen LogP contribution in [0.15, 0.2) is 6.07 Å². The molecule has 2 aliphatic carbocycles. The number of nitrogens with one attached hydrogen (secondary N) is 1. The monoisotopic (exact) mass is 513 g/mol. The van der Waals surface area contributed by atoms with E-state index in [0.29, 0.717) is 30.3 Å². The number of hydrogen-bond acceptors (Lipinski definition) is 6. The molecule has 37 heavy (non-hydrogen) atoms. The Hall–Kier alpha value is -1.73. The number of aliphatic hydroxyl groups is 1. The second-order valence-electron chi connectivity index (χ2n) is 13.5. The van der Waals surface area contributed by atoms with Crippen LogP contribution in [0, 0.1) is 11.8 Å². The lowest BCUT2D eigenvalue weighted by atomic mass is 9.79. The first kappa shape index (κ1) is 28.3. The Labute approximate surface area is 224 Å². The molecule has 4 rings (SSSR count). The number of carbonyl (C=O) groups is 1. The van der Waals surface area contributed by atoms with Gasteiger partial charge in [0.15, 0.2) is 0 Å². The van der Waals surface area contributed by atoms with E-state index in [2.05, 4.69) is 62.7 Å². The van der Waals surface area contributed by atoms with E-state index in [4.69, 9.17) is 9.97 Å². The second kappa shape index (κ2) is 12.0. The SMILES string of the molecule is CC(C)c1cc(N2CCN(CCC3CCC(NC(=O)CC4CC(O)C4)CC3)C[C@@H]2C)nc(C(C)(C)C)n1. The highest BCUT2D eigenvalue weighted by Crippen LogP contribution is 2.32. The summed E-state index contributed by atoms with van der Waals surface area (Å²) in [5.74, 6) is 3.77. The Morgan fingerprint density at radius 1 is 1.11 bits per heavy atom. The summed E-state index contributed by atoms with van der Waals surface area (Å²) >= 11 is 0. The summed E-state index contributed by atoms with van der Waals surface area (Å²) in [6.07, 6.45) is 7.91. The minimum atomic E-state index is -0.175. The molecule has 7 nitrogen and oxygen atoms in total. The topological polar surface area (TPSA) is 81.6 Å². The smallest absolute Gasteiger partial charge is 0.220 e. The number of nitrogens with zero attached hydrogens (tertiary/aromatic N) is 4. The normalized spacial score (nSPS) is 29.3. The lowest BCUT2D eigenvalue weighted by molar-refractivity contribution is -0.124. The van der Waals surface area contributed by atoms with Crippen molar-refractivity contribution in [1.29, 1.82) is 0 Å². The van der Waals surface area contributed by atoms with Gasteiger partial charge in [0.05, 0.1) is 6.10 Å². The summed E-state index contributed by atoms with van der Waals surface area (Å²) in [6.45, 7) is 17.7. The van der Waals surface area contributed by atoms with E-state index in [1.54, 1.807) is 0 Å². The van der Waals surface area contributed by atoms with Crippen LogP contribution in [0.25, 0.3) is 0 Å². The standard InChI is InChI=1S/C30H51N5O2/c1-20(2)26-18-27(33-29(32-26)30(4,5)6)35-14-13-34(19-21(35)3)12-11-22-7-9-24(10-8-22)31-28(37)17-23-15-25(36)16-23/h18,20-25,36H,7-17,19H2,1-6H3,(H,31,37)/t21-,22?,23?,24?,25?/m0/s1. The lowest BCUT2D eigenvalue weighted by Crippen LogP contribution is -2.52. The van der Waals surface area contributed by atoms with E-state index in [9.17, 15) is 9.90 Å². The van der Waals surface area contributed by atoms with Crippen molar-refractivity contribution in [3.05, 3.63) is 17.6 Å². The van der Waals surface area contributed by atoms with Gasteiger partial charge in [-0.15, -0.1) is 0 Å². The highest BCUT2D eigenvalue weighted by molar-refractivity contribution is 5.76. The zero-order valence-electron chi connectivity index (χ0n) is 24.2. The maximum Gasteiger partial charge on any atom is 0.220 e. The highest BCUT2D eigenvalue weighted by Gasteiger charge is 2.31. The molecule has 208 valence electrons. The summed E-state index contributed by atoms with van der Waals surface area (Å²) in [5.41, 5.74) is 1.07. The van der Waals surface area contributed by atoms with E-state index in [-0.39, 0.29) is 17.4 Å². The Kier molecular flexibility index (Phi) is 9.16. The molecule has 0 spiro atoms. The van der Waals surface area contributed by atoms with E-state index in [1.807, 2.05) is 0 Å². The van der Waals surface area contributed by atoms with Gasteiger partial charge in [-0.1, -0.05) is 34.6 Å². The van der Waals surface area contributed by atoms with Crippen molar-refractivity contribution < 1.29 is 9.90 Å². The zero-order chi connectivity index (χ0) is 26.7. The van der Waals surface area contributed by atoms with E-state index < -0.39 is 0 Å². The Bertz CT molecular complexity index is 900. The molecule has 7 heteroatoms. The molecule has 2 N–H and O–H groups in total. The molecule has 0 radical (unpaired) electrons. The van der Waals surface area contributed by atoms with Crippen LogP contribution >= 0.6 is 0 Å². The van der Waals surface area contributed by atoms with Crippen LogP contribution in [-0.4, -0.2) is 70.2 Å². The highest BCUT2D eigenvalue weighted by atomic mass is 16.3. The summed E-state index contributed by atoms with van der Waals surface area (Å²) in [4.78, 5) is 27.3. The third kappa shape index (κ3) is 7.66. The van der Waals surface area contributed by atoms with Crippen LogP contribution in [0.5, 0.6) is 0 Å².